The summed E-state index contributed by atoms with van der Waals surface area (Å²) >= 11 is 2.00. The van der Waals surface area contributed by atoms with Crippen molar-refractivity contribution in [2.45, 2.75) is 25.0 Å². The first-order chi connectivity index (χ1) is 7.86. The lowest BCUT2D eigenvalue weighted by Crippen LogP contribution is -2.36. The fourth-order valence-corrected chi connectivity index (χ4v) is 2.99. The van der Waals surface area contributed by atoms with Crippen molar-refractivity contribution in [3.05, 3.63) is 30.1 Å². The van der Waals surface area contributed by atoms with E-state index in [1.165, 1.54) is 24.3 Å². The van der Waals surface area contributed by atoms with E-state index < -0.39 is 6.10 Å². The lowest BCUT2D eigenvalue weighted by Gasteiger charge is -2.24. The molecule has 2 atom stereocenters. The van der Waals surface area contributed by atoms with Crippen LogP contribution in [0.15, 0.2) is 24.5 Å². The average Bonchev–Trinajstić information content (AvgIpc) is 2.38. The second kappa shape index (κ2) is 6.23. The fraction of sp³-hybridized carbons (Fsp3) is 0.583. The molecule has 0 aliphatic carbocycles. The van der Waals surface area contributed by atoms with E-state index in [0.717, 1.165) is 5.56 Å². The summed E-state index contributed by atoms with van der Waals surface area (Å²) in [6.07, 6.45) is 5.53. The maximum atomic E-state index is 9.95. The van der Waals surface area contributed by atoms with E-state index in [0.29, 0.717) is 12.6 Å². The minimum Gasteiger partial charge on any atom is -0.387 e. The van der Waals surface area contributed by atoms with Gasteiger partial charge in [-0.05, 0) is 36.3 Å². The molecule has 0 spiro atoms. The van der Waals surface area contributed by atoms with Crippen LogP contribution in [0.2, 0.25) is 0 Å². The molecular weight excluding hydrogens is 220 g/mol. The monoisotopic (exact) mass is 238 g/mol. The van der Waals surface area contributed by atoms with Gasteiger partial charge in [-0.3, -0.25) is 4.98 Å². The Kier molecular flexibility index (Phi) is 4.63. The summed E-state index contributed by atoms with van der Waals surface area (Å²) in [7, 11) is 0. The smallest absolute Gasteiger partial charge is 0.0915 e. The molecule has 1 aliphatic heterocycles. The number of thioether (sulfide) groups is 1. The summed E-state index contributed by atoms with van der Waals surface area (Å²) in [6.45, 7) is 0.634. The molecule has 0 unspecified atom stereocenters. The van der Waals surface area contributed by atoms with Gasteiger partial charge in [-0.15, -0.1) is 0 Å². The first kappa shape index (κ1) is 11.9. The Bertz CT molecular complexity index is 301. The molecular formula is C12H18N2OS. The highest BCUT2D eigenvalue weighted by atomic mass is 32.2. The molecule has 16 heavy (non-hydrogen) atoms. The third-order valence-corrected chi connectivity index (χ3v) is 4.07. The molecule has 0 saturated carbocycles. The number of nitrogens with zero attached hydrogens (tertiary/aromatic N) is 1. The number of pyridine rings is 1. The Balaban J connectivity index is 1.77. The van der Waals surface area contributed by atoms with Gasteiger partial charge in [0.15, 0.2) is 0 Å². The van der Waals surface area contributed by atoms with Crippen LogP contribution in [0, 0.1) is 0 Å². The van der Waals surface area contributed by atoms with Gasteiger partial charge < -0.3 is 10.4 Å². The Morgan fingerprint density at radius 1 is 1.50 bits per heavy atom. The maximum absolute atomic E-state index is 9.95. The molecule has 2 rings (SSSR count). The van der Waals surface area contributed by atoms with Crippen LogP contribution < -0.4 is 5.32 Å². The lowest BCUT2D eigenvalue weighted by atomic mass is 10.1. The van der Waals surface area contributed by atoms with E-state index in [1.54, 1.807) is 12.4 Å². The van der Waals surface area contributed by atoms with Crippen LogP contribution >= 0.6 is 11.8 Å². The van der Waals surface area contributed by atoms with Gasteiger partial charge >= 0.3 is 0 Å². The largest absolute Gasteiger partial charge is 0.387 e. The van der Waals surface area contributed by atoms with Crippen molar-refractivity contribution in [3.63, 3.8) is 0 Å². The van der Waals surface area contributed by atoms with E-state index in [2.05, 4.69) is 10.3 Å². The zero-order chi connectivity index (χ0) is 11.2. The molecule has 0 amide bonds. The predicted molar refractivity (Wildman–Crippen MR) is 67.5 cm³/mol. The van der Waals surface area contributed by atoms with Crippen molar-refractivity contribution < 1.29 is 5.11 Å². The second-order valence-electron chi connectivity index (χ2n) is 4.12. The van der Waals surface area contributed by atoms with Crippen LogP contribution in [-0.4, -0.2) is 34.2 Å². The Hall–Kier alpha value is -0.580. The summed E-state index contributed by atoms with van der Waals surface area (Å²) in [5, 5.41) is 13.4. The molecule has 3 nitrogen and oxygen atoms in total. The molecule has 0 aromatic carbocycles. The Morgan fingerprint density at radius 3 is 3.00 bits per heavy atom. The molecule has 0 bridgehead atoms. The van der Waals surface area contributed by atoms with Crippen LogP contribution in [0.25, 0.3) is 0 Å². The zero-order valence-electron chi connectivity index (χ0n) is 9.30. The number of hydrogen-bond donors (Lipinski definition) is 2. The molecule has 0 radical (unpaired) electrons. The van der Waals surface area contributed by atoms with E-state index in [-0.39, 0.29) is 0 Å². The third-order valence-electron chi connectivity index (χ3n) is 2.85. The molecule has 88 valence electrons. The highest BCUT2D eigenvalue weighted by Gasteiger charge is 2.15. The van der Waals surface area contributed by atoms with E-state index in [1.807, 2.05) is 23.9 Å². The van der Waals surface area contributed by atoms with Gasteiger partial charge in [0.2, 0.25) is 0 Å². The van der Waals surface area contributed by atoms with Crippen LogP contribution in [0.5, 0.6) is 0 Å². The lowest BCUT2D eigenvalue weighted by molar-refractivity contribution is 0.170. The first-order valence-electron chi connectivity index (χ1n) is 5.75. The molecule has 1 aliphatic rings. The Morgan fingerprint density at radius 2 is 2.31 bits per heavy atom. The van der Waals surface area contributed by atoms with Gasteiger partial charge in [0.05, 0.1) is 6.10 Å². The van der Waals surface area contributed by atoms with E-state index in [4.69, 9.17) is 0 Å². The number of aromatic nitrogens is 1. The quantitative estimate of drug-likeness (QED) is 0.836. The number of aliphatic hydroxyl groups excluding tert-OH is 1. The van der Waals surface area contributed by atoms with Gasteiger partial charge in [-0.25, -0.2) is 0 Å². The highest BCUT2D eigenvalue weighted by Crippen LogP contribution is 2.18. The molecule has 4 heteroatoms. The van der Waals surface area contributed by atoms with Gasteiger partial charge in [-0.1, -0.05) is 0 Å². The highest BCUT2D eigenvalue weighted by molar-refractivity contribution is 7.99. The summed E-state index contributed by atoms with van der Waals surface area (Å²) in [4.78, 5) is 3.94. The first-order valence-corrected chi connectivity index (χ1v) is 6.91. The van der Waals surface area contributed by atoms with E-state index >= 15 is 0 Å². The summed E-state index contributed by atoms with van der Waals surface area (Å²) in [5.41, 5.74) is 0.936. The van der Waals surface area contributed by atoms with Crippen molar-refractivity contribution in [2.24, 2.45) is 0 Å². The molecule has 2 N–H and O–H groups in total. The third kappa shape index (κ3) is 3.47. The molecule has 1 aromatic heterocycles. The zero-order valence-corrected chi connectivity index (χ0v) is 10.1. The van der Waals surface area contributed by atoms with Gasteiger partial charge in [-0.2, -0.15) is 11.8 Å². The molecule has 1 fully saturated rings. The minimum atomic E-state index is -0.421. The number of hydrogen-bond acceptors (Lipinski definition) is 4. The van der Waals surface area contributed by atoms with Crippen LogP contribution in [0.4, 0.5) is 0 Å². The summed E-state index contributed by atoms with van der Waals surface area (Å²) in [6, 6.07) is 4.29. The van der Waals surface area contributed by atoms with Gasteiger partial charge in [0.1, 0.15) is 0 Å². The predicted octanol–water partition coefficient (Wildman–Crippen LogP) is 1.60. The van der Waals surface area contributed by atoms with Gasteiger partial charge in [0, 0.05) is 30.7 Å². The van der Waals surface area contributed by atoms with Crippen LogP contribution in [0.3, 0.4) is 0 Å². The van der Waals surface area contributed by atoms with Crippen molar-refractivity contribution in [1.29, 1.82) is 0 Å². The number of nitrogens with one attached hydrogen (secondary N) is 1. The number of rotatable bonds is 4. The second-order valence-corrected chi connectivity index (χ2v) is 5.27. The topological polar surface area (TPSA) is 45.1 Å². The van der Waals surface area contributed by atoms with E-state index in [9.17, 15) is 5.11 Å². The molecule has 2 heterocycles. The molecule has 1 saturated heterocycles. The molecule has 1 aromatic rings. The van der Waals surface area contributed by atoms with Crippen molar-refractivity contribution in [1.82, 2.24) is 10.3 Å². The average molecular weight is 238 g/mol. The summed E-state index contributed by atoms with van der Waals surface area (Å²) in [5.74, 6) is 2.45. The number of aliphatic hydroxyl groups is 1. The fourth-order valence-electron chi connectivity index (χ4n) is 1.88. The Labute approximate surface area is 101 Å². The van der Waals surface area contributed by atoms with Crippen LogP contribution in [-0.2, 0) is 0 Å². The minimum absolute atomic E-state index is 0.421. The normalized spacial score (nSPS) is 22.9. The van der Waals surface area contributed by atoms with Crippen molar-refractivity contribution in [3.8, 4) is 0 Å². The van der Waals surface area contributed by atoms with Gasteiger partial charge in [0.25, 0.3) is 0 Å². The summed E-state index contributed by atoms with van der Waals surface area (Å²) < 4.78 is 0. The van der Waals surface area contributed by atoms with Crippen molar-refractivity contribution >= 4 is 11.8 Å². The SMILES string of the molecule is O[C@H](CN[C@H]1CCCSC1)c1ccncc1. The maximum Gasteiger partial charge on any atom is 0.0915 e. The standard InChI is InChI=1S/C12H18N2OS/c15-12(10-3-5-13-6-4-10)8-14-11-2-1-7-16-9-11/h3-6,11-12,14-15H,1-2,7-9H2/t11-,12+/m0/s1. The van der Waals surface area contributed by atoms with Crippen molar-refractivity contribution in [2.75, 3.05) is 18.1 Å². The van der Waals surface area contributed by atoms with Crippen LogP contribution in [0.1, 0.15) is 24.5 Å².